The topological polar surface area (TPSA) is 49.9 Å². The van der Waals surface area contributed by atoms with Crippen molar-refractivity contribution in [3.8, 4) is 5.75 Å². The lowest BCUT2D eigenvalue weighted by molar-refractivity contribution is -0.120. The number of carbonyl (C=O) groups is 2. The summed E-state index contributed by atoms with van der Waals surface area (Å²) in [6.45, 7) is 2.91. The second-order valence-corrected chi connectivity index (χ2v) is 7.35. The maximum absolute atomic E-state index is 13.6. The number of halogens is 1. The van der Waals surface area contributed by atoms with Crippen LogP contribution in [0.5, 0.6) is 5.75 Å². The summed E-state index contributed by atoms with van der Waals surface area (Å²) in [6.07, 6.45) is 0. The Hall–Kier alpha value is -3.93. The second-order valence-electron chi connectivity index (χ2n) is 7.35. The van der Waals surface area contributed by atoms with Gasteiger partial charge >= 0.3 is 0 Å². The molecule has 0 bridgehead atoms. The van der Waals surface area contributed by atoms with Crippen molar-refractivity contribution in [2.24, 2.45) is 0 Å². The number of imide groups is 1. The highest BCUT2D eigenvalue weighted by Gasteiger charge is 2.43. The molecule has 3 aromatic rings. The molecule has 6 heteroatoms. The summed E-state index contributed by atoms with van der Waals surface area (Å²) in [4.78, 5) is 30.3. The summed E-state index contributed by atoms with van der Waals surface area (Å²) in [5.74, 6) is -0.851. The molecule has 4 rings (SSSR count). The number of benzene rings is 3. The maximum atomic E-state index is 13.6. The van der Waals surface area contributed by atoms with E-state index in [1.807, 2.05) is 48.2 Å². The fourth-order valence-corrected chi connectivity index (χ4v) is 3.88. The molecule has 1 aliphatic rings. The molecule has 2 amide bonds. The van der Waals surface area contributed by atoms with Gasteiger partial charge in [0.2, 0.25) is 0 Å². The van der Waals surface area contributed by atoms with Gasteiger partial charge in [-0.05, 0) is 42.8 Å². The minimum absolute atomic E-state index is 0.273. The number of methoxy groups -OCH3 is 1. The van der Waals surface area contributed by atoms with Crippen molar-refractivity contribution in [1.29, 1.82) is 0 Å². The van der Waals surface area contributed by atoms with Crippen LogP contribution in [0.2, 0.25) is 0 Å². The van der Waals surface area contributed by atoms with Crippen molar-refractivity contribution < 1.29 is 18.7 Å². The fourth-order valence-electron chi connectivity index (χ4n) is 3.88. The third-order valence-corrected chi connectivity index (χ3v) is 5.43. The summed E-state index contributed by atoms with van der Waals surface area (Å²) < 4.78 is 19.0. The Kier molecular flexibility index (Phi) is 6.03. The first-order valence-electron chi connectivity index (χ1n) is 10.4. The first-order valence-corrected chi connectivity index (χ1v) is 10.4. The first kappa shape index (κ1) is 21.3. The Morgan fingerprint density at radius 1 is 0.875 bits per heavy atom. The number of nitrogens with zero attached hydrogens (tertiary/aromatic N) is 2. The van der Waals surface area contributed by atoms with Crippen LogP contribution in [0.15, 0.2) is 84.6 Å². The largest absolute Gasteiger partial charge is 0.496 e. The van der Waals surface area contributed by atoms with Gasteiger partial charge in [0.1, 0.15) is 17.3 Å². The molecule has 0 atom stereocenters. The van der Waals surface area contributed by atoms with Crippen LogP contribution in [-0.4, -0.2) is 30.4 Å². The number of rotatable bonds is 7. The lowest BCUT2D eigenvalue weighted by Crippen LogP contribution is -2.35. The van der Waals surface area contributed by atoms with E-state index in [0.717, 1.165) is 10.5 Å². The highest BCUT2D eigenvalue weighted by Crippen LogP contribution is 2.38. The summed E-state index contributed by atoms with van der Waals surface area (Å²) in [6, 6.07) is 22.2. The van der Waals surface area contributed by atoms with Crippen molar-refractivity contribution in [1.82, 2.24) is 4.90 Å². The van der Waals surface area contributed by atoms with E-state index in [1.54, 1.807) is 18.2 Å². The van der Waals surface area contributed by atoms with Crippen molar-refractivity contribution in [2.75, 3.05) is 18.6 Å². The second kappa shape index (κ2) is 9.06. The van der Waals surface area contributed by atoms with Crippen LogP contribution in [0.3, 0.4) is 0 Å². The Labute approximate surface area is 186 Å². The molecule has 0 N–H and O–H groups in total. The highest BCUT2D eigenvalue weighted by atomic mass is 19.1. The van der Waals surface area contributed by atoms with E-state index in [2.05, 4.69) is 0 Å². The summed E-state index contributed by atoms with van der Waals surface area (Å²) in [5, 5.41) is 0. The Bertz CT molecular complexity index is 1170. The zero-order valence-corrected chi connectivity index (χ0v) is 17.9. The number of ether oxygens (including phenoxy) is 1. The van der Waals surface area contributed by atoms with Crippen molar-refractivity contribution in [3.63, 3.8) is 0 Å². The molecular formula is C26H23FN2O3. The average Bonchev–Trinajstić information content (AvgIpc) is 3.08. The Morgan fingerprint density at radius 3 is 2.19 bits per heavy atom. The molecular weight excluding hydrogens is 407 g/mol. The minimum Gasteiger partial charge on any atom is -0.496 e. The standard InChI is InChI=1S/C26H23FN2O3/c1-3-28(17-18-9-5-4-6-10-18)24-23(21-11-7-8-12-22(21)32-2)25(30)29(26(24)31)20-15-13-19(27)14-16-20/h4-16H,3,17H2,1-2H3. The van der Waals surface area contributed by atoms with Gasteiger partial charge in [0, 0.05) is 18.7 Å². The van der Waals surface area contributed by atoms with Gasteiger partial charge in [0.25, 0.3) is 11.8 Å². The van der Waals surface area contributed by atoms with Gasteiger partial charge in [0.15, 0.2) is 0 Å². The van der Waals surface area contributed by atoms with E-state index < -0.39 is 17.6 Å². The zero-order chi connectivity index (χ0) is 22.7. The molecule has 0 aliphatic carbocycles. The van der Waals surface area contributed by atoms with Crippen LogP contribution >= 0.6 is 0 Å². The van der Waals surface area contributed by atoms with Gasteiger partial charge in [-0.15, -0.1) is 0 Å². The number of amides is 2. The number of para-hydroxylation sites is 1. The molecule has 32 heavy (non-hydrogen) atoms. The molecule has 1 heterocycles. The van der Waals surface area contributed by atoms with E-state index in [-0.39, 0.29) is 5.57 Å². The van der Waals surface area contributed by atoms with Gasteiger partial charge in [0.05, 0.1) is 18.4 Å². The molecule has 0 aromatic heterocycles. The normalized spacial score (nSPS) is 13.7. The molecule has 5 nitrogen and oxygen atoms in total. The Morgan fingerprint density at radius 2 is 1.53 bits per heavy atom. The summed E-state index contributed by atoms with van der Waals surface area (Å²) >= 11 is 0. The lowest BCUT2D eigenvalue weighted by Gasteiger charge is -2.25. The molecule has 3 aromatic carbocycles. The van der Waals surface area contributed by atoms with Gasteiger partial charge in [-0.1, -0.05) is 48.5 Å². The third kappa shape index (κ3) is 3.87. The summed E-state index contributed by atoms with van der Waals surface area (Å²) in [7, 11) is 1.53. The minimum atomic E-state index is -0.465. The molecule has 0 unspecified atom stereocenters. The highest BCUT2D eigenvalue weighted by molar-refractivity contribution is 6.45. The molecule has 0 radical (unpaired) electrons. The quantitative estimate of drug-likeness (QED) is 0.513. The first-order chi connectivity index (χ1) is 15.5. The van der Waals surface area contributed by atoms with Crippen molar-refractivity contribution in [3.05, 3.63) is 102 Å². The number of carbonyl (C=O) groups excluding carboxylic acids is 2. The molecule has 162 valence electrons. The molecule has 0 saturated carbocycles. The van der Waals surface area contributed by atoms with E-state index in [1.165, 1.54) is 31.4 Å². The molecule has 0 spiro atoms. The average molecular weight is 430 g/mol. The predicted molar refractivity (Wildman–Crippen MR) is 121 cm³/mol. The Balaban J connectivity index is 1.86. The smallest absolute Gasteiger partial charge is 0.282 e. The third-order valence-electron chi connectivity index (χ3n) is 5.43. The van der Waals surface area contributed by atoms with E-state index in [4.69, 9.17) is 4.74 Å². The van der Waals surface area contributed by atoms with E-state index in [9.17, 15) is 14.0 Å². The van der Waals surface area contributed by atoms with Crippen LogP contribution in [0.1, 0.15) is 18.1 Å². The van der Waals surface area contributed by atoms with Crippen LogP contribution in [0.25, 0.3) is 5.57 Å². The maximum Gasteiger partial charge on any atom is 0.282 e. The number of likely N-dealkylation sites (N-methyl/N-ethyl adjacent to an activating group) is 1. The zero-order valence-electron chi connectivity index (χ0n) is 17.9. The SMILES string of the molecule is CCN(Cc1ccccc1)C1=C(c2ccccc2OC)C(=O)N(c2ccc(F)cc2)C1=O. The van der Waals surface area contributed by atoms with E-state index in [0.29, 0.717) is 35.8 Å². The molecule has 1 aliphatic heterocycles. The van der Waals surface area contributed by atoms with Crippen molar-refractivity contribution in [2.45, 2.75) is 13.5 Å². The monoisotopic (exact) mass is 430 g/mol. The van der Waals surface area contributed by atoms with Crippen molar-refractivity contribution >= 4 is 23.1 Å². The van der Waals surface area contributed by atoms with Gasteiger partial charge in [-0.25, -0.2) is 9.29 Å². The van der Waals surface area contributed by atoms with Crippen LogP contribution in [-0.2, 0) is 16.1 Å². The van der Waals surface area contributed by atoms with E-state index >= 15 is 0 Å². The number of hydrogen-bond acceptors (Lipinski definition) is 4. The van der Waals surface area contributed by atoms with Crippen LogP contribution in [0.4, 0.5) is 10.1 Å². The van der Waals surface area contributed by atoms with Gasteiger partial charge < -0.3 is 9.64 Å². The number of hydrogen-bond donors (Lipinski definition) is 0. The molecule has 0 fully saturated rings. The van der Waals surface area contributed by atoms with Crippen LogP contribution < -0.4 is 9.64 Å². The lowest BCUT2D eigenvalue weighted by atomic mass is 10.0. The van der Waals surface area contributed by atoms with Gasteiger partial charge in [-0.3, -0.25) is 9.59 Å². The fraction of sp³-hybridized carbons (Fsp3) is 0.154. The predicted octanol–water partition coefficient (Wildman–Crippen LogP) is 4.64. The number of anilines is 1. The van der Waals surface area contributed by atoms with Crippen LogP contribution in [0, 0.1) is 5.82 Å². The molecule has 0 saturated heterocycles. The van der Waals surface area contributed by atoms with Gasteiger partial charge in [-0.2, -0.15) is 0 Å². The summed E-state index contributed by atoms with van der Waals surface area (Å²) in [5.41, 5.74) is 2.45.